The third-order valence-corrected chi connectivity index (χ3v) is 7.70. The van der Waals surface area contributed by atoms with Gasteiger partial charge >= 0.3 is 0 Å². The number of hydrogen-bond donors (Lipinski definition) is 0. The molecule has 0 unspecified atom stereocenters. The summed E-state index contributed by atoms with van der Waals surface area (Å²) < 4.78 is 28.5. The van der Waals surface area contributed by atoms with Gasteiger partial charge in [-0.15, -0.1) is 0 Å². The van der Waals surface area contributed by atoms with Gasteiger partial charge in [0.15, 0.2) is 0 Å². The van der Waals surface area contributed by atoms with E-state index in [9.17, 15) is 13.2 Å². The van der Waals surface area contributed by atoms with Crippen molar-refractivity contribution in [2.45, 2.75) is 18.7 Å². The average Bonchev–Trinajstić information content (AvgIpc) is 2.58. The minimum absolute atomic E-state index is 0.0936. The molecule has 9 heteroatoms. The normalized spacial score (nSPS) is 16.8. The zero-order valence-corrected chi connectivity index (χ0v) is 18.4. The molecule has 1 fully saturated rings. The van der Waals surface area contributed by atoms with Crippen LogP contribution in [-0.2, 0) is 14.8 Å². The molecule has 1 aliphatic heterocycles. The average molecular weight is 497 g/mol. The molecular formula is C16H23Br2N3O3S. The Morgan fingerprint density at radius 2 is 1.72 bits per heavy atom. The van der Waals surface area contributed by atoms with E-state index in [0.29, 0.717) is 50.3 Å². The van der Waals surface area contributed by atoms with Gasteiger partial charge in [0.1, 0.15) is 0 Å². The van der Waals surface area contributed by atoms with Gasteiger partial charge in [-0.2, -0.15) is 4.31 Å². The number of benzene rings is 1. The fraction of sp³-hybridized carbons (Fsp3) is 0.562. The number of carbonyl (C=O) groups excluding carboxylic acids is 1. The largest absolute Gasteiger partial charge is 0.342 e. The molecule has 6 nitrogen and oxygen atoms in total. The molecule has 0 saturated carbocycles. The van der Waals surface area contributed by atoms with Crippen LogP contribution in [0.3, 0.4) is 0 Å². The summed E-state index contributed by atoms with van der Waals surface area (Å²) in [5, 5.41) is 0. The molecule has 0 N–H and O–H groups in total. The second-order valence-electron chi connectivity index (χ2n) is 5.82. The molecule has 0 spiro atoms. The van der Waals surface area contributed by atoms with Crippen molar-refractivity contribution in [1.29, 1.82) is 0 Å². The van der Waals surface area contributed by atoms with Crippen LogP contribution in [0.4, 0.5) is 0 Å². The minimum atomic E-state index is -3.56. The summed E-state index contributed by atoms with van der Waals surface area (Å²) in [6.45, 7) is 7.52. The molecule has 1 aromatic carbocycles. The van der Waals surface area contributed by atoms with Gasteiger partial charge in [0.25, 0.3) is 0 Å². The van der Waals surface area contributed by atoms with Gasteiger partial charge in [-0.3, -0.25) is 9.69 Å². The van der Waals surface area contributed by atoms with E-state index in [1.807, 2.05) is 18.7 Å². The fourth-order valence-electron chi connectivity index (χ4n) is 2.81. The standard InChI is InChI=1S/C16H23Br2N3O3S/c1-3-20(4-2)16(22)12-19-7-9-21(10-8-19)25(23,24)15-11-13(17)5-6-14(15)18/h5-6,11H,3-4,7-10,12H2,1-2H3. The SMILES string of the molecule is CCN(CC)C(=O)CN1CCN(S(=O)(=O)c2cc(Br)ccc2Br)CC1. The molecular weight excluding hydrogens is 474 g/mol. The summed E-state index contributed by atoms with van der Waals surface area (Å²) in [5.41, 5.74) is 0. The second kappa shape index (κ2) is 8.94. The smallest absolute Gasteiger partial charge is 0.244 e. The summed E-state index contributed by atoms with van der Waals surface area (Å²) >= 11 is 6.64. The van der Waals surface area contributed by atoms with Crippen molar-refractivity contribution in [3.05, 3.63) is 27.1 Å². The maximum atomic E-state index is 12.9. The van der Waals surface area contributed by atoms with Crippen molar-refractivity contribution in [2.75, 3.05) is 45.8 Å². The molecule has 0 aliphatic carbocycles. The van der Waals surface area contributed by atoms with Gasteiger partial charge in [0.05, 0.1) is 11.4 Å². The van der Waals surface area contributed by atoms with E-state index < -0.39 is 10.0 Å². The van der Waals surface area contributed by atoms with Gasteiger partial charge in [-0.05, 0) is 48.0 Å². The number of hydrogen-bond acceptors (Lipinski definition) is 4. The summed E-state index contributed by atoms with van der Waals surface area (Å²) in [7, 11) is -3.56. The lowest BCUT2D eigenvalue weighted by Crippen LogP contribution is -2.51. The van der Waals surface area contributed by atoms with Crippen LogP contribution in [-0.4, -0.2) is 74.2 Å². The first-order chi connectivity index (χ1) is 11.8. The third-order valence-electron chi connectivity index (χ3n) is 4.32. The quantitative estimate of drug-likeness (QED) is 0.606. The Morgan fingerprint density at radius 3 is 2.28 bits per heavy atom. The number of sulfonamides is 1. The maximum Gasteiger partial charge on any atom is 0.244 e. The van der Waals surface area contributed by atoms with E-state index in [-0.39, 0.29) is 10.8 Å². The lowest BCUT2D eigenvalue weighted by Gasteiger charge is -2.34. The number of amides is 1. The van der Waals surface area contributed by atoms with Crippen LogP contribution in [0.15, 0.2) is 32.0 Å². The van der Waals surface area contributed by atoms with E-state index in [0.717, 1.165) is 4.47 Å². The predicted octanol–water partition coefficient (Wildman–Crippen LogP) is 2.39. The lowest BCUT2D eigenvalue weighted by molar-refractivity contribution is -0.132. The van der Waals surface area contributed by atoms with Crippen molar-refractivity contribution in [3.8, 4) is 0 Å². The van der Waals surface area contributed by atoms with E-state index in [1.165, 1.54) is 4.31 Å². The minimum Gasteiger partial charge on any atom is -0.342 e. The molecule has 140 valence electrons. The Morgan fingerprint density at radius 1 is 1.12 bits per heavy atom. The number of halogens is 2. The number of likely N-dealkylation sites (N-methyl/N-ethyl adjacent to an activating group) is 1. The van der Waals surface area contributed by atoms with Crippen LogP contribution < -0.4 is 0 Å². The van der Waals surface area contributed by atoms with Crippen molar-refractivity contribution < 1.29 is 13.2 Å². The number of nitrogens with zero attached hydrogens (tertiary/aromatic N) is 3. The lowest BCUT2D eigenvalue weighted by atomic mass is 10.3. The maximum absolute atomic E-state index is 12.9. The molecule has 0 bridgehead atoms. The molecule has 0 atom stereocenters. The summed E-state index contributed by atoms with van der Waals surface area (Å²) in [6, 6.07) is 5.12. The van der Waals surface area contributed by atoms with Crippen LogP contribution in [0.1, 0.15) is 13.8 Å². The highest BCUT2D eigenvalue weighted by Gasteiger charge is 2.30. The van der Waals surface area contributed by atoms with Crippen LogP contribution >= 0.6 is 31.9 Å². The van der Waals surface area contributed by atoms with Gasteiger partial charge < -0.3 is 4.90 Å². The highest BCUT2D eigenvalue weighted by Crippen LogP contribution is 2.28. The first-order valence-electron chi connectivity index (χ1n) is 8.25. The van der Waals surface area contributed by atoms with Gasteiger partial charge in [-0.25, -0.2) is 8.42 Å². The van der Waals surface area contributed by atoms with E-state index in [1.54, 1.807) is 23.1 Å². The zero-order chi connectivity index (χ0) is 18.6. The Hall–Kier alpha value is -0.480. The second-order valence-corrected chi connectivity index (χ2v) is 9.50. The molecule has 1 aromatic rings. The summed E-state index contributed by atoms with van der Waals surface area (Å²) in [4.78, 5) is 16.3. The number of piperazine rings is 1. The predicted molar refractivity (Wildman–Crippen MR) is 105 cm³/mol. The first kappa shape index (κ1) is 20.8. The fourth-order valence-corrected chi connectivity index (χ4v) is 5.70. The zero-order valence-electron chi connectivity index (χ0n) is 14.4. The van der Waals surface area contributed by atoms with E-state index in [4.69, 9.17) is 0 Å². The topological polar surface area (TPSA) is 60.9 Å². The van der Waals surface area contributed by atoms with Crippen LogP contribution in [0.25, 0.3) is 0 Å². The molecule has 1 amide bonds. The van der Waals surface area contributed by atoms with Crippen LogP contribution in [0.5, 0.6) is 0 Å². The molecule has 1 saturated heterocycles. The summed E-state index contributed by atoms with van der Waals surface area (Å²) in [5.74, 6) is 0.0936. The molecule has 2 rings (SSSR count). The van der Waals surface area contributed by atoms with Gasteiger partial charge in [0.2, 0.25) is 15.9 Å². The van der Waals surface area contributed by atoms with Crippen LogP contribution in [0, 0.1) is 0 Å². The Kier molecular flexibility index (Phi) is 7.45. The highest BCUT2D eigenvalue weighted by molar-refractivity contribution is 9.11. The molecule has 0 radical (unpaired) electrons. The molecule has 1 aliphatic rings. The number of carbonyl (C=O) groups is 1. The van der Waals surface area contributed by atoms with Crippen molar-refractivity contribution in [3.63, 3.8) is 0 Å². The van der Waals surface area contributed by atoms with Gasteiger partial charge in [-0.1, -0.05) is 15.9 Å². The number of rotatable bonds is 6. The Bertz CT molecular complexity index is 715. The van der Waals surface area contributed by atoms with Crippen LogP contribution in [0.2, 0.25) is 0 Å². The first-order valence-corrected chi connectivity index (χ1v) is 11.3. The van der Waals surface area contributed by atoms with Crippen molar-refractivity contribution in [2.24, 2.45) is 0 Å². The van der Waals surface area contributed by atoms with E-state index >= 15 is 0 Å². The highest BCUT2D eigenvalue weighted by atomic mass is 79.9. The van der Waals surface area contributed by atoms with Gasteiger partial charge in [0, 0.05) is 48.2 Å². The Labute approximate surface area is 166 Å². The van der Waals surface area contributed by atoms with Crippen molar-refractivity contribution in [1.82, 2.24) is 14.1 Å². The van der Waals surface area contributed by atoms with E-state index in [2.05, 4.69) is 31.9 Å². The van der Waals surface area contributed by atoms with Crippen molar-refractivity contribution >= 4 is 47.8 Å². The molecule has 25 heavy (non-hydrogen) atoms. The third kappa shape index (κ3) is 5.03. The molecule has 1 heterocycles. The molecule has 0 aromatic heterocycles. The summed E-state index contributed by atoms with van der Waals surface area (Å²) in [6.07, 6.45) is 0. The monoisotopic (exact) mass is 495 g/mol. The Balaban J connectivity index is 2.02.